The smallest absolute Gasteiger partial charge is 0.0648 e. The van der Waals surface area contributed by atoms with Crippen LogP contribution in [0.15, 0.2) is 24.3 Å². The predicted octanol–water partition coefficient (Wildman–Crippen LogP) is 2.20. The molecular formula is C14H21NO. The Labute approximate surface area is 97.5 Å². The van der Waals surface area contributed by atoms with Crippen molar-refractivity contribution >= 4 is 0 Å². The Morgan fingerprint density at radius 2 is 1.94 bits per heavy atom. The first-order chi connectivity index (χ1) is 7.72. The quantitative estimate of drug-likeness (QED) is 0.815. The molecule has 3 N–H and O–H groups in total. The van der Waals surface area contributed by atoms with E-state index in [4.69, 9.17) is 5.73 Å². The first-order valence-electron chi connectivity index (χ1n) is 6.17. The lowest BCUT2D eigenvalue weighted by molar-refractivity contribution is 0.0420. The summed E-state index contributed by atoms with van der Waals surface area (Å²) in [6.07, 6.45) is 3.31. The molecule has 0 spiro atoms. The molecule has 1 aliphatic rings. The molecule has 0 aliphatic heterocycles. The second kappa shape index (κ2) is 4.98. The molecule has 0 aromatic heterocycles. The number of aliphatic hydroxyl groups is 1. The summed E-state index contributed by atoms with van der Waals surface area (Å²) in [4.78, 5) is 0. The van der Waals surface area contributed by atoms with Crippen LogP contribution in [0, 0.1) is 12.8 Å². The molecule has 2 unspecified atom stereocenters. The Bertz CT molecular complexity index is 329. The Balaban J connectivity index is 2.11. The molecule has 1 aromatic carbocycles. The van der Waals surface area contributed by atoms with E-state index in [0.29, 0.717) is 12.5 Å². The molecule has 0 radical (unpaired) electrons. The SMILES string of the molecule is Cc1ccc(C(CN)C(O)C2CCC2)cc1. The van der Waals surface area contributed by atoms with Crippen LogP contribution in [0.5, 0.6) is 0 Å². The molecule has 2 rings (SSSR count). The lowest BCUT2D eigenvalue weighted by Crippen LogP contribution is -2.35. The molecule has 0 amide bonds. The van der Waals surface area contributed by atoms with Gasteiger partial charge in [0, 0.05) is 12.5 Å². The molecule has 88 valence electrons. The Morgan fingerprint density at radius 3 is 2.38 bits per heavy atom. The van der Waals surface area contributed by atoms with Gasteiger partial charge in [0.15, 0.2) is 0 Å². The molecule has 0 bridgehead atoms. The van der Waals surface area contributed by atoms with E-state index in [1.807, 2.05) is 0 Å². The zero-order chi connectivity index (χ0) is 11.5. The van der Waals surface area contributed by atoms with Gasteiger partial charge < -0.3 is 10.8 Å². The molecule has 0 saturated heterocycles. The molecule has 2 nitrogen and oxygen atoms in total. The van der Waals surface area contributed by atoms with Crippen LogP contribution >= 0.6 is 0 Å². The second-order valence-corrected chi connectivity index (χ2v) is 4.93. The van der Waals surface area contributed by atoms with Gasteiger partial charge in [-0.1, -0.05) is 36.2 Å². The first kappa shape index (κ1) is 11.6. The number of hydrogen-bond acceptors (Lipinski definition) is 2. The van der Waals surface area contributed by atoms with E-state index >= 15 is 0 Å². The maximum Gasteiger partial charge on any atom is 0.0648 e. The third-order valence-electron chi connectivity index (χ3n) is 3.80. The van der Waals surface area contributed by atoms with Crippen molar-refractivity contribution in [2.75, 3.05) is 6.54 Å². The van der Waals surface area contributed by atoms with Gasteiger partial charge in [0.05, 0.1) is 6.10 Å². The molecule has 1 aromatic rings. The van der Waals surface area contributed by atoms with Crippen LogP contribution in [0.4, 0.5) is 0 Å². The maximum atomic E-state index is 10.3. The minimum absolute atomic E-state index is 0.103. The Morgan fingerprint density at radius 1 is 1.31 bits per heavy atom. The van der Waals surface area contributed by atoms with Gasteiger partial charge in [-0.2, -0.15) is 0 Å². The van der Waals surface area contributed by atoms with E-state index < -0.39 is 0 Å². The zero-order valence-corrected chi connectivity index (χ0v) is 9.89. The maximum absolute atomic E-state index is 10.3. The van der Waals surface area contributed by atoms with Gasteiger partial charge in [-0.05, 0) is 31.2 Å². The van der Waals surface area contributed by atoms with Crippen LogP contribution in [0.3, 0.4) is 0 Å². The number of benzene rings is 1. The number of nitrogens with two attached hydrogens (primary N) is 1. The molecule has 1 saturated carbocycles. The minimum atomic E-state index is -0.263. The van der Waals surface area contributed by atoms with Crippen LogP contribution in [-0.4, -0.2) is 17.8 Å². The fourth-order valence-corrected chi connectivity index (χ4v) is 2.40. The van der Waals surface area contributed by atoms with E-state index in [-0.39, 0.29) is 12.0 Å². The first-order valence-corrected chi connectivity index (χ1v) is 6.17. The molecular weight excluding hydrogens is 198 g/mol. The van der Waals surface area contributed by atoms with Crippen molar-refractivity contribution in [2.45, 2.75) is 38.2 Å². The van der Waals surface area contributed by atoms with Crippen LogP contribution in [0.25, 0.3) is 0 Å². The highest BCUT2D eigenvalue weighted by atomic mass is 16.3. The van der Waals surface area contributed by atoms with E-state index in [2.05, 4.69) is 31.2 Å². The van der Waals surface area contributed by atoms with Crippen LogP contribution in [0.2, 0.25) is 0 Å². The van der Waals surface area contributed by atoms with Gasteiger partial charge in [-0.3, -0.25) is 0 Å². The Kier molecular flexibility index (Phi) is 3.62. The summed E-state index contributed by atoms with van der Waals surface area (Å²) in [7, 11) is 0. The highest BCUT2D eigenvalue weighted by Crippen LogP contribution is 2.35. The summed E-state index contributed by atoms with van der Waals surface area (Å²) >= 11 is 0. The van der Waals surface area contributed by atoms with E-state index in [1.54, 1.807) is 0 Å². The van der Waals surface area contributed by atoms with Gasteiger partial charge in [0.2, 0.25) is 0 Å². The molecule has 2 atom stereocenters. The minimum Gasteiger partial charge on any atom is -0.392 e. The number of rotatable bonds is 4. The third-order valence-corrected chi connectivity index (χ3v) is 3.80. The highest BCUT2D eigenvalue weighted by Gasteiger charge is 2.31. The predicted molar refractivity (Wildman–Crippen MR) is 66.3 cm³/mol. The van der Waals surface area contributed by atoms with E-state index in [1.165, 1.54) is 17.5 Å². The van der Waals surface area contributed by atoms with Gasteiger partial charge in [0.1, 0.15) is 0 Å². The molecule has 16 heavy (non-hydrogen) atoms. The van der Waals surface area contributed by atoms with Crippen molar-refractivity contribution in [2.24, 2.45) is 11.7 Å². The van der Waals surface area contributed by atoms with Gasteiger partial charge in [0.25, 0.3) is 0 Å². The average Bonchev–Trinajstić information content (AvgIpc) is 2.19. The van der Waals surface area contributed by atoms with Crippen LogP contribution in [-0.2, 0) is 0 Å². The second-order valence-electron chi connectivity index (χ2n) is 4.93. The largest absolute Gasteiger partial charge is 0.392 e. The molecule has 1 aliphatic carbocycles. The molecule has 2 heteroatoms. The summed E-state index contributed by atoms with van der Waals surface area (Å²) in [5.74, 6) is 0.570. The molecule has 0 heterocycles. The van der Waals surface area contributed by atoms with E-state index in [0.717, 1.165) is 12.8 Å². The summed E-state index contributed by atoms with van der Waals surface area (Å²) in [5.41, 5.74) is 8.22. The summed E-state index contributed by atoms with van der Waals surface area (Å²) < 4.78 is 0. The number of hydrogen-bond donors (Lipinski definition) is 2. The van der Waals surface area contributed by atoms with Gasteiger partial charge in [-0.15, -0.1) is 0 Å². The zero-order valence-electron chi connectivity index (χ0n) is 9.89. The van der Waals surface area contributed by atoms with Gasteiger partial charge in [-0.25, -0.2) is 0 Å². The standard InChI is InChI=1S/C14H21NO/c1-10-5-7-11(8-6-10)13(9-15)14(16)12-3-2-4-12/h5-8,12-14,16H,2-4,9,15H2,1H3. The van der Waals surface area contributed by atoms with Crippen LogP contribution in [0.1, 0.15) is 36.3 Å². The fraction of sp³-hybridized carbons (Fsp3) is 0.571. The lowest BCUT2D eigenvalue weighted by Gasteiger charge is -2.35. The summed E-state index contributed by atoms with van der Waals surface area (Å²) in [6, 6.07) is 8.36. The van der Waals surface area contributed by atoms with Crippen molar-refractivity contribution in [3.05, 3.63) is 35.4 Å². The Hall–Kier alpha value is -0.860. The number of aliphatic hydroxyl groups excluding tert-OH is 1. The van der Waals surface area contributed by atoms with E-state index in [9.17, 15) is 5.11 Å². The highest BCUT2D eigenvalue weighted by molar-refractivity contribution is 5.26. The third kappa shape index (κ3) is 2.28. The topological polar surface area (TPSA) is 46.2 Å². The van der Waals surface area contributed by atoms with Crippen molar-refractivity contribution in [1.29, 1.82) is 0 Å². The summed E-state index contributed by atoms with van der Waals surface area (Å²) in [6.45, 7) is 2.60. The van der Waals surface area contributed by atoms with Crippen molar-refractivity contribution in [3.63, 3.8) is 0 Å². The fourth-order valence-electron chi connectivity index (χ4n) is 2.40. The van der Waals surface area contributed by atoms with Crippen molar-refractivity contribution in [1.82, 2.24) is 0 Å². The van der Waals surface area contributed by atoms with Crippen LogP contribution < -0.4 is 5.73 Å². The van der Waals surface area contributed by atoms with Crippen molar-refractivity contribution in [3.8, 4) is 0 Å². The normalized spacial score (nSPS) is 20.2. The molecule has 1 fully saturated rings. The summed E-state index contributed by atoms with van der Waals surface area (Å²) in [5, 5.41) is 10.3. The monoisotopic (exact) mass is 219 g/mol. The van der Waals surface area contributed by atoms with Gasteiger partial charge >= 0.3 is 0 Å². The average molecular weight is 219 g/mol. The lowest BCUT2D eigenvalue weighted by atomic mass is 9.75. The van der Waals surface area contributed by atoms with Crippen molar-refractivity contribution < 1.29 is 5.11 Å². The number of aryl methyl sites for hydroxylation is 1.